The molecular formula is C11H25NO3. The highest BCUT2D eigenvalue weighted by molar-refractivity contribution is 4.70. The second-order valence-corrected chi connectivity index (χ2v) is 3.36. The highest BCUT2D eigenvalue weighted by Gasteiger charge is 2.22. The minimum absolute atomic E-state index is 0.0490. The quantitative estimate of drug-likeness (QED) is 0.714. The van der Waals surface area contributed by atoms with E-state index in [1.807, 2.05) is 20.8 Å². The summed E-state index contributed by atoms with van der Waals surface area (Å²) in [5, 5.41) is 0. The van der Waals surface area contributed by atoms with Gasteiger partial charge >= 0.3 is 0 Å². The van der Waals surface area contributed by atoms with Crippen LogP contribution in [0.15, 0.2) is 0 Å². The van der Waals surface area contributed by atoms with Crippen molar-refractivity contribution in [2.45, 2.75) is 33.1 Å². The summed E-state index contributed by atoms with van der Waals surface area (Å²) in [6, 6.07) is 0.367. The minimum Gasteiger partial charge on any atom is -0.383 e. The summed E-state index contributed by atoms with van der Waals surface area (Å²) in [5.74, 6) is 0. The van der Waals surface area contributed by atoms with Gasteiger partial charge in [0.1, 0.15) is 0 Å². The van der Waals surface area contributed by atoms with Crippen molar-refractivity contribution in [3.05, 3.63) is 0 Å². The summed E-state index contributed by atoms with van der Waals surface area (Å²) in [5.41, 5.74) is 0. The molecule has 4 heteroatoms. The second kappa shape index (κ2) is 9.09. The van der Waals surface area contributed by atoms with Gasteiger partial charge in [0.15, 0.2) is 6.29 Å². The van der Waals surface area contributed by atoms with Crippen LogP contribution in [0.25, 0.3) is 0 Å². The third-order valence-electron chi connectivity index (χ3n) is 2.32. The first-order valence-corrected chi connectivity index (χ1v) is 5.66. The molecule has 0 aromatic heterocycles. The molecule has 0 aromatic carbocycles. The van der Waals surface area contributed by atoms with Gasteiger partial charge in [0, 0.05) is 13.7 Å². The van der Waals surface area contributed by atoms with E-state index in [4.69, 9.17) is 14.2 Å². The van der Waals surface area contributed by atoms with E-state index < -0.39 is 0 Å². The Morgan fingerprint density at radius 1 is 1.27 bits per heavy atom. The fourth-order valence-electron chi connectivity index (χ4n) is 1.26. The average molecular weight is 219 g/mol. The lowest BCUT2D eigenvalue weighted by Crippen LogP contribution is -2.45. The summed E-state index contributed by atoms with van der Waals surface area (Å²) in [4.78, 5) is 2.20. The van der Waals surface area contributed by atoms with Crippen LogP contribution in [0.1, 0.15) is 20.8 Å². The molecule has 1 aliphatic heterocycles. The lowest BCUT2D eigenvalue weighted by Gasteiger charge is -2.33. The summed E-state index contributed by atoms with van der Waals surface area (Å²) in [6.45, 7) is 9.10. The number of hydrogen-bond donors (Lipinski definition) is 0. The topological polar surface area (TPSA) is 30.9 Å². The molecule has 0 bridgehead atoms. The fourth-order valence-corrected chi connectivity index (χ4v) is 1.26. The molecule has 0 atom stereocenters. The van der Waals surface area contributed by atoms with Crippen LogP contribution in [0.2, 0.25) is 0 Å². The van der Waals surface area contributed by atoms with Gasteiger partial charge in [-0.2, -0.15) is 0 Å². The van der Waals surface area contributed by atoms with Gasteiger partial charge in [-0.3, -0.25) is 4.90 Å². The number of likely N-dealkylation sites (N-methyl/N-ethyl adjacent to an activating group) is 1. The zero-order valence-corrected chi connectivity index (χ0v) is 10.7. The third kappa shape index (κ3) is 6.10. The van der Waals surface area contributed by atoms with Crippen molar-refractivity contribution in [1.29, 1.82) is 0 Å². The number of rotatable bonds is 4. The largest absolute Gasteiger partial charge is 0.383 e. The lowest BCUT2D eigenvalue weighted by molar-refractivity contribution is -0.193. The van der Waals surface area contributed by atoms with Crippen LogP contribution in [0.4, 0.5) is 0 Å². The minimum atomic E-state index is -0.0490. The van der Waals surface area contributed by atoms with E-state index in [-0.39, 0.29) is 6.29 Å². The molecule has 0 saturated carbocycles. The molecule has 0 N–H and O–H groups in total. The molecule has 0 aliphatic carbocycles. The van der Waals surface area contributed by atoms with Gasteiger partial charge in [-0.1, -0.05) is 13.8 Å². The molecule has 0 aromatic rings. The van der Waals surface area contributed by atoms with Crippen molar-refractivity contribution in [1.82, 2.24) is 4.90 Å². The van der Waals surface area contributed by atoms with E-state index >= 15 is 0 Å². The molecule has 1 fully saturated rings. The van der Waals surface area contributed by atoms with Crippen LogP contribution in [0.5, 0.6) is 0 Å². The summed E-state index contributed by atoms with van der Waals surface area (Å²) in [6.07, 6.45) is -0.0490. The van der Waals surface area contributed by atoms with Crippen LogP contribution in [-0.2, 0) is 14.2 Å². The second-order valence-electron chi connectivity index (χ2n) is 3.36. The SMILES string of the molecule is CC.COCCN(C)C1COC(C)OC1. The molecule has 4 nitrogen and oxygen atoms in total. The van der Waals surface area contributed by atoms with Crippen LogP contribution in [0.3, 0.4) is 0 Å². The van der Waals surface area contributed by atoms with Gasteiger partial charge in [-0.15, -0.1) is 0 Å². The Hall–Kier alpha value is -0.160. The van der Waals surface area contributed by atoms with Crippen LogP contribution < -0.4 is 0 Å². The van der Waals surface area contributed by atoms with Gasteiger partial charge in [-0.05, 0) is 14.0 Å². The van der Waals surface area contributed by atoms with Crippen LogP contribution >= 0.6 is 0 Å². The molecule has 0 unspecified atom stereocenters. The first-order chi connectivity index (χ1) is 7.24. The zero-order chi connectivity index (χ0) is 11.7. The number of hydrogen-bond acceptors (Lipinski definition) is 4. The molecule has 1 heterocycles. The smallest absolute Gasteiger partial charge is 0.154 e. The predicted octanol–water partition coefficient (Wildman–Crippen LogP) is 1.35. The van der Waals surface area contributed by atoms with E-state index in [0.29, 0.717) is 6.04 Å². The molecule has 1 saturated heterocycles. The molecule has 1 aliphatic rings. The normalized spacial score (nSPS) is 26.0. The van der Waals surface area contributed by atoms with Gasteiger partial charge in [0.25, 0.3) is 0 Å². The summed E-state index contributed by atoms with van der Waals surface area (Å²) in [7, 11) is 3.77. The van der Waals surface area contributed by atoms with E-state index in [2.05, 4.69) is 11.9 Å². The predicted molar refractivity (Wildman–Crippen MR) is 61.0 cm³/mol. The Labute approximate surface area is 93.5 Å². The molecule has 0 radical (unpaired) electrons. The Bertz CT molecular complexity index is 136. The number of nitrogens with zero attached hydrogens (tertiary/aromatic N) is 1. The molecule has 0 amide bonds. The maximum absolute atomic E-state index is 5.39. The van der Waals surface area contributed by atoms with E-state index in [1.54, 1.807) is 7.11 Å². The van der Waals surface area contributed by atoms with Crippen molar-refractivity contribution in [2.24, 2.45) is 0 Å². The summed E-state index contributed by atoms with van der Waals surface area (Å²) >= 11 is 0. The fraction of sp³-hybridized carbons (Fsp3) is 1.00. The van der Waals surface area contributed by atoms with E-state index in [0.717, 1.165) is 26.4 Å². The maximum atomic E-state index is 5.39. The Kier molecular flexibility index (Phi) is 9.00. The van der Waals surface area contributed by atoms with E-state index in [1.165, 1.54) is 0 Å². The van der Waals surface area contributed by atoms with E-state index in [9.17, 15) is 0 Å². The van der Waals surface area contributed by atoms with Crippen molar-refractivity contribution >= 4 is 0 Å². The number of methoxy groups -OCH3 is 1. The zero-order valence-electron chi connectivity index (χ0n) is 10.7. The van der Waals surface area contributed by atoms with Crippen LogP contribution in [0, 0.1) is 0 Å². The molecule has 1 rings (SSSR count). The monoisotopic (exact) mass is 219 g/mol. The first kappa shape index (κ1) is 14.8. The Morgan fingerprint density at radius 3 is 2.27 bits per heavy atom. The Balaban J connectivity index is 0.000000921. The maximum Gasteiger partial charge on any atom is 0.154 e. The van der Waals surface area contributed by atoms with Crippen molar-refractivity contribution in [2.75, 3.05) is 40.5 Å². The lowest BCUT2D eigenvalue weighted by atomic mass is 10.3. The third-order valence-corrected chi connectivity index (χ3v) is 2.32. The standard InChI is InChI=1S/C9H19NO3.C2H6/c1-8-12-6-9(7-13-8)10(2)4-5-11-3;1-2/h8-9H,4-7H2,1-3H3;1-2H3. The summed E-state index contributed by atoms with van der Waals surface area (Å²) < 4.78 is 15.8. The molecule has 15 heavy (non-hydrogen) atoms. The molecule has 92 valence electrons. The van der Waals surface area contributed by atoms with Gasteiger partial charge < -0.3 is 14.2 Å². The van der Waals surface area contributed by atoms with Gasteiger partial charge in [0.05, 0.1) is 25.9 Å². The molecule has 0 spiro atoms. The van der Waals surface area contributed by atoms with Crippen molar-refractivity contribution in [3.8, 4) is 0 Å². The number of ether oxygens (including phenoxy) is 3. The van der Waals surface area contributed by atoms with Gasteiger partial charge in [-0.25, -0.2) is 0 Å². The highest BCUT2D eigenvalue weighted by Crippen LogP contribution is 2.08. The average Bonchev–Trinajstić information content (AvgIpc) is 2.29. The van der Waals surface area contributed by atoms with Crippen molar-refractivity contribution < 1.29 is 14.2 Å². The molecular weight excluding hydrogens is 194 g/mol. The van der Waals surface area contributed by atoms with Crippen LogP contribution in [-0.4, -0.2) is 57.8 Å². The Morgan fingerprint density at radius 2 is 1.80 bits per heavy atom. The van der Waals surface area contributed by atoms with Gasteiger partial charge in [0.2, 0.25) is 0 Å². The highest BCUT2D eigenvalue weighted by atomic mass is 16.7. The van der Waals surface area contributed by atoms with Crippen molar-refractivity contribution in [3.63, 3.8) is 0 Å². The first-order valence-electron chi connectivity index (χ1n) is 5.66.